The SMILES string of the molecule is COc1ccc(CCN2C[C@H](C#N)CC2=O)cc1OC. The first-order valence-corrected chi connectivity index (χ1v) is 6.56. The lowest BCUT2D eigenvalue weighted by molar-refractivity contribution is -0.127. The first-order valence-electron chi connectivity index (χ1n) is 6.56. The molecule has 0 aromatic heterocycles. The van der Waals surface area contributed by atoms with Crippen LogP contribution in [0.1, 0.15) is 12.0 Å². The molecule has 1 saturated heterocycles. The number of nitriles is 1. The van der Waals surface area contributed by atoms with Gasteiger partial charge in [0.05, 0.1) is 26.2 Å². The van der Waals surface area contributed by atoms with Crippen molar-refractivity contribution in [2.45, 2.75) is 12.8 Å². The van der Waals surface area contributed by atoms with E-state index in [0.29, 0.717) is 31.0 Å². The molecule has 2 rings (SSSR count). The Morgan fingerprint density at radius 2 is 2.10 bits per heavy atom. The molecule has 0 bridgehead atoms. The third kappa shape index (κ3) is 3.02. The van der Waals surface area contributed by atoms with Crippen LogP contribution in [-0.2, 0) is 11.2 Å². The Bertz CT molecular complexity index is 536. The molecule has 0 radical (unpaired) electrons. The summed E-state index contributed by atoms with van der Waals surface area (Å²) in [7, 11) is 3.20. The summed E-state index contributed by atoms with van der Waals surface area (Å²) in [5, 5.41) is 8.85. The van der Waals surface area contributed by atoms with Gasteiger partial charge in [-0.3, -0.25) is 4.79 Å². The minimum Gasteiger partial charge on any atom is -0.493 e. The molecule has 1 aliphatic rings. The van der Waals surface area contributed by atoms with E-state index in [1.807, 2.05) is 18.2 Å². The first kappa shape index (κ1) is 14.2. The molecule has 20 heavy (non-hydrogen) atoms. The van der Waals surface area contributed by atoms with Crippen LogP contribution in [0.2, 0.25) is 0 Å². The van der Waals surface area contributed by atoms with Gasteiger partial charge in [-0.25, -0.2) is 0 Å². The molecule has 1 aromatic carbocycles. The molecule has 0 unspecified atom stereocenters. The van der Waals surface area contributed by atoms with Crippen LogP contribution >= 0.6 is 0 Å². The van der Waals surface area contributed by atoms with Crippen molar-refractivity contribution >= 4 is 5.91 Å². The molecule has 1 heterocycles. The summed E-state index contributed by atoms with van der Waals surface area (Å²) in [5.41, 5.74) is 1.08. The molecule has 1 aliphatic heterocycles. The summed E-state index contributed by atoms with van der Waals surface area (Å²) in [6.45, 7) is 1.18. The fourth-order valence-electron chi connectivity index (χ4n) is 2.37. The van der Waals surface area contributed by atoms with Crippen LogP contribution < -0.4 is 9.47 Å². The fraction of sp³-hybridized carbons (Fsp3) is 0.467. The number of hydrogen-bond acceptors (Lipinski definition) is 4. The highest BCUT2D eigenvalue weighted by Gasteiger charge is 2.28. The van der Waals surface area contributed by atoms with E-state index in [1.165, 1.54) is 0 Å². The van der Waals surface area contributed by atoms with Crippen molar-refractivity contribution in [3.63, 3.8) is 0 Å². The Morgan fingerprint density at radius 1 is 1.35 bits per heavy atom. The standard InChI is InChI=1S/C15H18N2O3/c1-19-13-4-3-11(7-14(13)20-2)5-6-17-10-12(9-16)8-15(17)18/h3-4,7,12H,5-6,8,10H2,1-2H3/t12-/m0/s1. The van der Waals surface area contributed by atoms with E-state index in [2.05, 4.69) is 6.07 Å². The zero-order valence-electron chi connectivity index (χ0n) is 11.8. The van der Waals surface area contributed by atoms with Crippen LogP contribution in [0, 0.1) is 17.2 Å². The molecule has 1 aromatic rings. The lowest BCUT2D eigenvalue weighted by Gasteiger charge is -2.16. The molecule has 1 atom stereocenters. The molecule has 0 saturated carbocycles. The second-order valence-corrected chi connectivity index (χ2v) is 4.81. The Balaban J connectivity index is 1.98. The number of amides is 1. The summed E-state index contributed by atoms with van der Waals surface area (Å²) < 4.78 is 10.4. The first-order chi connectivity index (χ1) is 9.67. The van der Waals surface area contributed by atoms with E-state index in [1.54, 1.807) is 19.1 Å². The summed E-state index contributed by atoms with van der Waals surface area (Å²) in [6.07, 6.45) is 1.09. The van der Waals surface area contributed by atoms with Crippen LogP contribution in [0.3, 0.4) is 0 Å². The van der Waals surface area contributed by atoms with Gasteiger partial charge in [0.2, 0.25) is 5.91 Å². The van der Waals surface area contributed by atoms with Crippen molar-refractivity contribution < 1.29 is 14.3 Å². The van der Waals surface area contributed by atoms with E-state index < -0.39 is 0 Å². The molecule has 0 spiro atoms. The van der Waals surface area contributed by atoms with Crippen molar-refractivity contribution in [2.24, 2.45) is 5.92 Å². The number of hydrogen-bond donors (Lipinski definition) is 0. The third-order valence-electron chi connectivity index (χ3n) is 3.52. The quantitative estimate of drug-likeness (QED) is 0.818. The molecule has 1 amide bonds. The zero-order chi connectivity index (χ0) is 14.5. The van der Waals surface area contributed by atoms with Gasteiger partial charge in [-0.15, -0.1) is 0 Å². The van der Waals surface area contributed by atoms with Gasteiger partial charge in [-0.05, 0) is 24.1 Å². The van der Waals surface area contributed by atoms with Crippen molar-refractivity contribution in [2.75, 3.05) is 27.3 Å². The van der Waals surface area contributed by atoms with Crippen molar-refractivity contribution in [3.8, 4) is 17.6 Å². The number of carbonyl (C=O) groups is 1. The molecule has 0 N–H and O–H groups in total. The number of carbonyl (C=O) groups excluding carboxylic acids is 1. The largest absolute Gasteiger partial charge is 0.493 e. The molecular formula is C15H18N2O3. The van der Waals surface area contributed by atoms with E-state index >= 15 is 0 Å². The second kappa shape index (κ2) is 6.29. The molecule has 5 nitrogen and oxygen atoms in total. The highest BCUT2D eigenvalue weighted by Crippen LogP contribution is 2.28. The summed E-state index contributed by atoms with van der Waals surface area (Å²) >= 11 is 0. The van der Waals surface area contributed by atoms with Crippen LogP contribution in [0.5, 0.6) is 11.5 Å². The highest BCUT2D eigenvalue weighted by molar-refractivity contribution is 5.79. The van der Waals surface area contributed by atoms with E-state index in [4.69, 9.17) is 14.7 Å². The average Bonchev–Trinajstić information content (AvgIpc) is 2.85. The van der Waals surface area contributed by atoms with E-state index in [9.17, 15) is 4.79 Å². The van der Waals surface area contributed by atoms with E-state index in [-0.39, 0.29) is 11.8 Å². The second-order valence-electron chi connectivity index (χ2n) is 4.81. The lowest BCUT2D eigenvalue weighted by Crippen LogP contribution is -2.27. The minimum atomic E-state index is -0.159. The minimum absolute atomic E-state index is 0.0667. The van der Waals surface area contributed by atoms with Gasteiger partial charge in [0.15, 0.2) is 11.5 Å². The highest BCUT2D eigenvalue weighted by atomic mass is 16.5. The van der Waals surface area contributed by atoms with Crippen molar-refractivity contribution in [1.29, 1.82) is 5.26 Å². The van der Waals surface area contributed by atoms with E-state index in [0.717, 1.165) is 12.0 Å². The summed E-state index contributed by atoms with van der Waals surface area (Å²) in [5.74, 6) is 1.29. The van der Waals surface area contributed by atoms with Gasteiger partial charge in [0.1, 0.15) is 0 Å². The van der Waals surface area contributed by atoms with Crippen LogP contribution in [0.4, 0.5) is 0 Å². The van der Waals surface area contributed by atoms with Gasteiger partial charge in [-0.1, -0.05) is 6.07 Å². The van der Waals surface area contributed by atoms with Crippen LogP contribution in [0.25, 0.3) is 0 Å². The smallest absolute Gasteiger partial charge is 0.224 e. The van der Waals surface area contributed by atoms with Crippen LogP contribution in [-0.4, -0.2) is 38.1 Å². The number of benzene rings is 1. The summed E-state index contributed by atoms with van der Waals surface area (Å²) in [6, 6.07) is 7.90. The summed E-state index contributed by atoms with van der Waals surface area (Å²) in [4.78, 5) is 13.5. The number of methoxy groups -OCH3 is 2. The topological polar surface area (TPSA) is 62.6 Å². The normalized spacial score (nSPS) is 17.9. The molecule has 0 aliphatic carbocycles. The van der Waals surface area contributed by atoms with Crippen LogP contribution in [0.15, 0.2) is 18.2 Å². The Hall–Kier alpha value is -2.22. The Morgan fingerprint density at radius 3 is 2.70 bits per heavy atom. The molecule has 1 fully saturated rings. The third-order valence-corrected chi connectivity index (χ3v) is 3.52. The van der Waals surface area contributed by atoms with Crippen molar-refractivity contribution in [1.82, 2.24) is 4.90 Å². The van der Waals surface area contributed by atoms with Crippen molar-refractivity contribution in [3.05, 3.63) is 23.8 Å². The zero-order valence-corrected chi connectivity index (χ0v) is 11.8. The lowest BCUT2D eigenvalue weighted by atomic mass is 10.1. The van der Waals surface area contributed by atoms with Gasteiger partial charge in [0, 0.05) is 19.5 Å². The number of likely N-dealkylation sites (tertiary alicyclic amines) is 1. The maximum atomic E-state index is 11.7. The maximum absolute atomic E-state index is 11.7. The number of ether oxygens (including phenoxy) is 2. The molecule has 106 valence electrons. The fourth-order valence-corrected chi connectivity index (χ4v) is 2.37. The predicted molar refractivity (Wildman–Crippen MR) is 73.6 cm³/mol. The molecule has 5 heteroatoms. The van der Waals surface area contributed by atoms with Gasteiger partial charge < -0.3 is 14.4 Å². The maximum Gasteiger partial charge on any atom is 0.224 e. The Labute approximate surface area is 118 Å². The number of rotatable bonds is 5. The Kier molecular flexibility index (Phi) is 4.46. The average molecular weight is 274 g/mol. The number of nitrogens with zero attached hydrogens (tertiary/aromatic N) is 2. The van der Waals surface area contributed by atoms with Gasteiger partial charge in [-0.2, -0.15) is 5.26 Å². The van der Waals surface area contributed by atoms with Gasteiger partial charge >= 0.3 is 0 Å². The predicted octanol–water partition coefficient (Wildman–Crippen LogP) is 1.62. The van der Waals surface area contributed by atoms with Gasteiger partial charge in [0.25, 0.3) is 0 Å². The monoisotopic (exact) mass is 274 g/mol. The molecular weight excluding hydrogens is 256 g/mol.